The van der Waals surface area contributed by atoms with Crippen molar-refractivity contribution in [3.8, 4) is 67.8 Å². The van der Waals surface area contributed by atoms with Crippen LogP contribution in [0.25, 0.3) is 111 Å². The molecule has 12 rings (SSSR count). The van der Waals surface area contributed by atoms with Gasteiger partial charge < -0.3 is 9.13 Å². The first-order valence-electron chi connectivity index (χ1n) is 21.0. The molecule has 0 saturated carbocycles. The van der Waals surface area contributed by atoms with Crippen molar-refractivity contribution in [2.24, 2.45) is 0 Å². The summed E-state index contributed by atoms with van der Waals surface area (Å²) in [5.74, 6) is 1.84. The first kappa shape index (κ1) is 35.5. The molecule has 62 heavy (non-hydrogen) atoms. The van der Waals surface area contributed by atoms with Crippen molar-refractivity contribution in [1.82, 2.24) is 24.1 Å². The van der Waals surface area contributed by atoms with Gasteiger partial charge in [-0.25, -0.2) is 15.0 Å². The van der Waals surface area contributed by atoms with Crippen LogP contribution in [0.3, 0.4) is 0 Å². The van der Waals surface area contributed by atoms with Gasteiger partial charge in [0.2, 0.25) is 0 Å². The van der Waals surface area contributed by atoms with Gasteiger partial charge in [0.05, 0.1) is 27.8 Å². The number of rotatable bonds is 7. The van der Waals surface area contributed by atoms with Gasteiger partial charge in [-0.05, 0) is 70.8 Å². The van der Waals surface area contributed by atoms with Crippen molar-refractivity contribution in [3.05, 3.63) is 224 Å². The van der Waals surface area contributed by atoms with Crippen LogP contribution in [0.4, 0.5) is 0 Å². The lowest BCUT2D eigenvalue weighted by atomic mass is 9.99. The lowest BCUT2D eigenvalue weighted by Crippen LogP contribution is -2.02. The molecule has 0 aliphatic rings. The van der Waals surface area contributed by atoms with Crippen molar-refractivity contribution in [3.63, 3.8) is 0 Å². The normalized spacial score (nSPS) is 11.5. The van der Waals surface area contributed by atoms with Crippen LogP contribution in [0, 0.1) is 0 Å². The molecule has 0 saturated heterocycles. The SMILES string of the molecule is c1ccc(-c2cc(-c3nc(-c4ccccc4)nc(-c4ccccc4-c4ccccc4)n3)cc(-n3c4ccccc4c4c(-n5c6ccccc6c6ccccc65)cccc43)c2)cc1. The van der Waals surface area contributed by atoms with Gasteiger partial charge in [-0.1, -0.05) is 176 Å². The predicted octanol–water partition coefficient (Wildman–Crippen LogP) is 14.4. The summed E-state index contributed by atoms with van der Waals surface area (Å²) in [5.41, 5.74) is 13.8. The van der Waals surface area contributed by atoms with E-state index in [9.17, 15) is 0 Å². The molecule has 0 atom stereocenters. The number of para-hydroxylation sites is 3. The summed E-state index contributed by atoms with van der Waals surface area (Å²) < 4.78 is 4.84. The molecule has 3 aromatic heterocycles. The van der Waals surface area contributed by atoms with Crippen LogP contribution in [0.2, 0.25) is 0 Å². The standard InChI is InChI=1S/C57H37N5/c1-4-19-38(20-5-1)41-35-42(56-58-55(40-23-8-3-9-24-40)59-57(60-56)47-28-11-10-25-44(47)39-21-6-2-7-22-39)37-43(36-41)61-51-32-17-14-29-48(51)54-52(61)33-18-34-53(54)62-49-30-15-12-26-45(49)46-27-13-16-31-50(46)62/h1-37H. The monoisotopic (exact) mass is 791 g/mol. The van der Waals surface area contributed by atoms with Crippen LogP contribution in [-0.4, -0.2) is 24.1 Å². The van der Waals surface area contributed by atoms with Gasteiger partial charge in [-0.2, -0.15) is 0 Å². The third-order valence-corrected chi connectivity index (χ3v) is 12.0. The molecule has 0 fully saturated rings. The molecule has 0 bridgehead atoms. The Morgan fingerprint density at radius 2 is 0.742 bits per heavy atom. The van der Waals surface area contributed by atoms with E-state index in [1.807, 2.05) is 24.3 Å². The fourth-order valence-corrected chi connectivity index (χ4v) is 9.20. The Hall–Kier alpha value is -8.41. The number of hydrogen-bond donors (Lipinski definition) is 0. The molecule has 0 aliphatic heterocycles. The van der Waals surface area contributed by atoms with Gasteiger partial charge in [-0.3, -0.25) is 0 Å². The summed E-state index contributed by atoms with van der Waals surface area (Å²) >= 11 is 0. The lowest BCUT2D eigenvalue weighted by molar-refractivity contribution is 1.07. The minimum Gasteiger partial charge on any atom is -0.309 e. The predicted molar refractivity (Wildman–Crippen MR) is 256 cm³/mol. The lowest BCUT2D eigenvalue weighted by Gasteiger charge is -2.15. The minimum absolute atomic E-state index is 0.600. The number of nitrogens with zero attached hydrogens (tertiary/aromatic N) is 5. The van der Waals surface area contributed by atoms with E-state index in [1.54, 1.807) is 0 Å². The van der Waals surface area contributed by atoms with Crippen LogP contribution in [0.15, 0.2) is 224 Å². The van der Waals surface area contributed by atoms with E-state index in [0.29, 0.717) is 17.5 Å². The van der Waals surface area contributed by atoms with Crippen molar-refractivity contribution in [2.45, 2.75) is 0 Å². The van der Waals surface area contributed by atoms with E-state index in [2.05, 4.69) is 209 Å². The van der Waals surface area contributed by atoms with Gasteiger partial charge in [0, 0.05) is 43.9 Å². The van der Waals surface area contributed by atoms with E-state index in [4.69, 9.17) is 15.0 Å². The van der Waals surface area contributed by atoms with Crippen LogP contribution in [0.1, 0.15) is 0 Å². The minimum atomic E-state index is 0.600. The Labute approximate surface area is 358 Å². The molecule has 9 aromatic carbocycles. The van der Waals surface area contributed by atoms with Crippen LogP contribution >= 0.6 is 0 Å². The number of fused-ring (bicyclic) bond motifs is 6. The molecule has 12 aromatic rings. The van der Waals surface area contributed by atoms with E-state index >= 15 is 0 Å². The molecule has 0 N–H and O–H groups in total. The second-order valence-electron chi connectivity index (χ2n) is 15.6. The summed E-state index contributed by atoms with van der Waals surface area (Å²) in [5, 5.41) is 4.84. The third kappa shape index (κ3) is 5.90. The Balaban J connectivity index is 1.13. The van der Waals surface area contributed by atoms with Gasteiger partial charge >= 0.3 is 0 Å². The van der Waals surface area contributed by atoms with Crippen molar-refractivity contribution in [2.75, 3.05) is 0 Å². The Morgan fingerprint density at radius 1 is 0.274 bits per heavy atom. The smallest absolute Gasteiger partial charge is 0.164 e. The van der Waals surface area contributed by atoms with Crippen LogP contribution < -0.4 is 0 Å². The van der Waals surface area contributed by atoms with Gasteiger partial charge in [0.15, 0.2) is 17.5 Å². The number of aromatic nitrogens is 5. The maximum absolute atomic E-state index is 5.34. The fraction of sp³-hybridized carbons (Fsp3) is 0. The zero-order valence-electron chi connectivity index (χ0n) is 33.6. The molecule has 0 amide bonds. The van der Waals surface area contributed by atoms with Crippen LogP contribution in [0.5, 0.6) is 0 Å². The number of benzene rings is 9. The Morgan fingerprint density at radius 3 is 1.40 bits per heavy atom. The highest BCUT2D eigenvalue weighted by Crippen LogP contribution is 2.41. The Kier molecular flexibility index (Phi) is 8.42. The molecular formula is C57H37N5. The molecule has 5 heteroatoms. The molecule has 0 unspecified atom stereocenters. The summed E-state index contributed by atoms with van der Waals surface area (Å²) in [6.45, 7) is 0. The van der Waals surface area contributed by atoms with Gasteiger partial charge in [0.25, 0.3) is 0 Å². The topological polar surface area (TPSA) is 48.5 Å². The van der Waals surface area contributed by atoms with Crippen molar-refractivity contribution < 1.29 is 0 Å². The van der Waals surface area contributed by atoms with E-state index < -0.39 is 0 Å². The zero-order chi connectivity index (χ0) is 41.0. The molecule has 0 radical (unpaired) electrons. The summed E-state index contributed by atoms with van der Waals surface area (Å²) in [6.07, 6.45) is 0. The highest BCUT2D eigenvalue weighted by Gasteiger charge is 2.22. The van der Waals surface area contributed by atoms with E-state index in [0.717, 1.165) is 61.4 Å². The van der Waals surface area contributed by atoms with Gasteiger partial charge in [-0.15, -0.1) is 0 Å². The highest BCUT2D eigenvalue weighted by atomic mass is 15.0. The van der Waals surface area contributed by atoms with E-state index in [1.165, 1.54) is 32.6 Å². The fourth-order valence-electron chi connectivity index (χ4n) is 9.20. The quantitative estimate of drug-likeness (QED) is 0.162. The summed E-state index contributed by atoms with van der Waals surface area (Å²) in [7, 11) is 0. The summed E-state index contributed by atoms with van der Waals surface area (Å²) in [4.78, 5) is 15.8. The maximum atomic E-state index is 5.34. The molecule has 5 nitrogen and oxygen atoms in total. The van der Waals surface area contributed by atoms with E-state index in [-0.39, 0.29) is 0 Å². The molecule has 3 heterocycles. The maximum Gasteiger partial charge on any atom is 0.164 e. The summed E-state index contributed by atoms with van der Waals surface area (Å²) in [6, 6.07) is 79.2. The largest absolute Gasteiger partial charge is 0.309 e. The molecule has 290 valence electrons. The van der Waals surface area contributed by atoms with Crippen LogP contribution in [-0.2, 0) is 0 Å². The average Bonchev–Trinajstić information content (AvgIpc) is 3.88. The molecule has 0 aliphatic carbocycles. The molecule has 0 spiro atoms. The third-order valence-electron chi connectivity index (χ3n) is 12.0. The van der Waals surface area contributed by atoms with Crippen molar-refractivity contribution >= 4 is 43.6 Å². The molecular weight excluding hydrogens is 755 g/mol. The average molecular weight is 792 g/mol. The number of hydrogen-bond acceptors (Lipinski definition) is 3. The highest BCUT2D eigenvalue weighted by molar-refractivity contribution is 6.16. The first-order valence-corrected chi connectivity index (χ1v) is 21.0. The van der Waals surface area contributed by atoms with Gasteiger partial charge in [0.1, 0.15) is 0 Å². The Bertz CT molecular complexity index is 3570. The first-order chi connectivity index (χ1) is 30.8. The second kappa shape index (κ2) is 14.7. The van der Waals surface area contributed by atoms with Crippen molar-refractivity contribution in [1.29, 1.82) is 0 Å². The zero-order valence-corrected chi connectivity index (χ0v) is 33.6. The second-order valence-corrected chi connectivity index (χ2v) is 15.6.